The van der Waals surface area contributed by atoms with E-state index in [0.717, 1.165) is 16.9 Å². The molecule has 36 heavy (non-hydrogen) atoms. The number of hydrogen-bond acceptors (Lipinski definition) is 2. The second-order valence-electron chi connectivity index (χ2n) is 8.86. The van der Waals surface area contributed by atoms with Crippen LogP contribution in [0.5, 0.6) is 0 Å². The third-order valence-corrected chi connectivity index (χ3v) is 7.03. The minimum absolute atomic E-state index is 0.0969. The molecule has 2 atom stereocenters. The van der Waals surface area contributed by atoms with Crippen molar-refractivity contribution in [2.75, 3.05) is 9.80 Å². The first kappa shape index (κ1) is 24.1. The molecule has 0 spiro atoms. The summed E-state index contributed by atoms with van der Waals surface area (Å²) in [6, 6.07) is 30.9. The third-order valence-electron chi connectivity index (χ3n) is 6.53. The van der Waals surface area contributed by atoms with E-state index in [9.17, 15) is 9.59 Å². The summed E-state index contributed by atoms with van der Waals surface area (Å²) in [4.78, 5) is 31.2. The Labute approximate surface area is 220 Å². The second-order valence-corrected chi connectivity index (χ2v) is 9.73. The van der Waals surface area contributed by atoms with Gasteiger partial charge < -0.3 is 9.80 Å². The van der Waals surface area contributed by atoms with Gasteiger partial charge >= 0.3 is 0 Å². The van der Waals surface area contributed by atoms with Crippen molar-refractivity contribution in [1.82, 2.24) is 0 Å². The van der Waals surface area contributed by atoms with Gasteiger partial charge in [0.15, 0.2) is 0 Å². The van der Waals surface area contributed by atoms with Crippen LogP contribution in [0.15, 0.2) is 103 Å². The zero-order chi connectivity index (χ0) is 25.2. The molecule has 0 unspecified atom stereocenters. The molecule has 1 aliphatic heterocycles. The lowest BCUT2D eigenvalue weighted by Crippen LogP contribution is -2.47. The van der Waals surface area contributed by atoms with E-state index in [1.54, 1.807) is 48.5 Å². The lowest BCUT2D eigenvalue weighted by atomic mass is 9.89. The van der Waals surface area contributed by atoms with E-state index < -0.39 is 0 Å². The number of fused-ring (bicyclic) bond motifs is 1. The first-order chi connectivity index (χ1) is 17.4. The number of carbonyl (C=O) groups is 2. The van der Waals surface area contributed by atoms with Gasteiger partial charge in [-0.1, -0.05) is 59.6 Å². The van der Waals surface area contributed by atoms with Crippen LogP contribution in [0, 0.1) is 0 Å². The van der Waals surface area contributed by atoms with Crippen LogP contribution in [-0.2, 0) is 0 Å². The zero-order valence-corrected chi connectivity index (χ0v) is 21.2. The summed E-state index contributed by atoms with van der Waals surface area (Å²) >= 11 is 12.1. The molecule has 6 heteroatoms. The Morgan fingerprint density at radius 1 is 0.750 bits per heavy atom. The molecule has 4 aromatic rings. The molecule has 1 aliphatic rings. The molecule has 2 amide bonds. The maximum absolute atomic E-state index is 13.9. The normalized spacial score (nSPS) is 16.8. The van der Waals surface area contributed by atoms with Crippen molar-refractivity contribution in [3.63, 3.8) is 0 Å². The van der Waals surface area contributed by atoms with Gasteiger partial charge in [0.2, 0.25) is 0 Å². The summed E-state index contributed by atoms with van der Waals surface area (Å²) in [5, 5.41) is 1.16. The molecule has 0 saturated carbocycles. The van der Waals surface area contributed by atoms with Crippen LogP contribution in [0.1, 0.15) is 45.7 Å². The molecule has 180 valence electrons. The molecule has 4 aromatic carbocycles. The fourth-order valence-corrected chi connectivity index (χ4v) is 5.08. The minimum Gasteiger partial charge on any atom is -0.305 e. The van der Waals surface area contributed by atoms with Gasteiger partial charge in [-0.2, -0.15) is 0 Å². The lowest BCUT2D eigenvalue weighted by molar-refractivity contribution is 0.0965. The van der Waals surface area contributed by atoms with E-state index in [-0.39, 0.29) is 23.9 Å². The molecule has 0 saturated heterocycles. The monoisotopic (exact) mass is 514 g/mol. The van der Waals surface area contributed by atoms with Crippen molar-refractivity contribution in [2.24, 2.45) is 0 Å². The summed E-state index contributed by atoms with van der Waals surface area (Å²) in [6.07, 6.45) is 0.574. The fourth-order valence-electron chi connectivity index (χ4n) is 4.83. The first-order valence-electron chi connectivity index (χ1n) is 11.8. The third kappa shape index (κ3) is 4.62. The van der Waals surface area contributed by atoms with Gasteiger partial charge in [-0.05, 0) is 85.6 Å². The SMILES string of the molecule is C[C@@H]1C[C@@H](N(C(=O)c2ccc(Cl)cc2)c2ccccc2)c2ccccc2N1C(=O)c1ccc(Cl)cc1. The van der Waals surface area contributed by atoms with E-state index in [1.165, 1.54) is 0 Å². The highest BCUT2D eigenvalue weighted by Crippen LogP contribution is 2.43. The number of hydrogen-bond donors (Lipinski definition) is 0. The molecule has 0 bridgehead atoms. The van der Waals surface area contributed by atoms with Gasteiger partial charge in [0.05, 0.1) is 6.04 Å². The average Bonchev–Trinajstić information content (AvgIpc) is 2.90. The van der Waals surface area contributed by atoms with Crippen molar-refractivity contribution < 1.29 is 9.59 Å². The van der Waals surface area contributed by atoms with Crippen molar-refractivity contribution in [2.45, 2.75) is 25.4 Å². The van der Waals surface area contributed by atoms with Crippen LogP contribution in [0.25, 0.3) is 0 Å². The predicted octanol–water partition coefficient (Wildman–Crippen LogP) is 7.82. The van der Waals surface area contributed by atoms with Crippen LogP contribution in [0.3, 0.4) is 0 Å². The Bertz CT molecular complexity index is 1390. The van der Waals surface area contributed by atoms with Gasteiger partial charge in [-0.25, -0.2) is 0 Å². The molecular weight excluding hydrogens is 491 g/mol. The number of benzene rings is 4. The molecule has 0 N–H and O–H groups in total. The second kappa shape index (κ2) is 10.2. The summed E-state index contributed by atoms with van der Waals surface area (Å²) < 4.78 is 0. The molecule has 5 rings (SSSR count). The van der Waals surface area contributed by atoms with Crippen molar-refractivity contribution in [3.05, 3.63) is 130 Å². The molecule has 4 nitrogen and oxygen atoms in total. The summed E-state index contributed by atoms with van der Waals surface area (Å²) in [7, 11) is 0. The largest absolute Gasteiger partial charge is 0.305 e. The van der Waals surface area contributed by atoms with Crippen LogP contribution < -0.4 is 9.80 Å². The highest BCUT2D eigenvalue weighted by molar-refractivity contribution is 6.31. The number of para-hydroxylation sites is 2. The highest BCUT2D eigenvalue weighted by atomic mass is 35.5. The summed E-state index contributed by atoms with van der Waals surface area (Å²) in [5.41, 5.74) is 3.63. The maximum Gasteiger partial charge on any atom is 0.258 e. The standard InChI is InChI=1S/C30H24Cl2N2O2/c1-20-19-28(34(25-7-3-2-4-8-25)30(36)22-13-17-24(32)18-14-22)26-9-5-6-10-27(26)33(20)29(35)21-11-15-23(31)16-12-21/h2-18,20,28H,19H2,1H3/t20-,28-/m1/s1. The van der Waals surface area contributed by atoms with E-state index >= 15 is 0 Å². The number of halogens is 2. The maximum atomic E-state index is 13.9. The summed E-state index contributed by atoms with van der Waals surface area (Å²) in [6.45, 7) is 2.02. The van der Waals surface area contributed by atoms with E-state index in [0.29, 0.717) is 27.6 Å². The number of anilines is 2. The van der Waals surface area contributed by atoms with Gasteiger partial charge in [0.25, 0.3) is 11.8 Å². The lowest BCUT2D eigenvalue weighted by Gasteiger charge is -2.43. The van der Waals surface area contributed by atoms with Crippen molar-refractivity contribution in [1.29, 1.82) is 0 Å². The van der Waals surface area contributed by atoms with Gasteiger partial charge in [-0.3, -0.25) is 9.59 Å². The number of rotatable bonds is 4. The fraction of sp³-hybridized carbons (Fsp3) is 0.133. The Morgan fingerprint density at radius 3 is 1.94 bits per heavy atom. The number of amides is 2. The Hall–Kier alpha value is -3.60. The minimum atomic E-state index is -0.268. The molecule has 0 aliphatic carbocycles. The van der Waals surface area contributed by atoms with Crippen LogP contribution >= 0.6 is 23.2 Å². The number of nitrogens with zero attached hydrogens (tertiary/aromatic N) is 2. The topological polar surface area (TPSA) is 40.6 Å². The average molecular weight is 515 g/mol. The van der Waals surface area contributed by atoms with Gasteiger partial charge in [-0.15, -0.1) is 0 Å². The molecule has 0 radical (unpaired) electrons. The Balaban J connectivity index is 1.60. The van der Waals surface area contributed by atoms with E-state index in [1.807, 2.05) is 71.3 Å². The molecule has 0 fully saturated rings. The van der Waals surface area contributed by atoms with Crippen LogP contribution in [0.4, 0.5) is 11.4 Å². The number of carbonyl (C=O) groups excluding carboxylic acids is 2. The summed E-state index contributed by atoms with van der Waals surface area (Å²) in [5.74, 6) is -0.220. The first-order valence-corrected chi connectivity index (χ1v) is 12.5. The Kier molecular flexibility index (Phi) is 6.82. The molecular formula is C30H24Cl2N2O2. The van der Waals surface area contributed by atoms with Gasteiger partial charge in [0.1, 0.15) is 0 Å². The zero-order valence-electron chi connectivity index (χ0n) is 19.6. The Morgan fingerprint density at radius 2 is 1.31 bits per heavy atom. The van der Waals surface area contributed by atoms with E-state index in [4.69, 9.17) is 23.2 Å². The quantitative estimate of drug-likeness (QED) is 0.278. The van der Waals surface area contributed by atoms with Crippen LogP contribution in [0.2, 0.25) is 10.0 Å². The van der Waals surface area contributed by atoms with Crippen molar-refractivity contribution in [3.8, 4) is 0 Å². The van der Waals surface area contributed by atoms with Gasteiger partial charge in [0, 0.05) is 38.6 Å². The van der Waals surface area contributed by atoms with E-state index in [2.05, 4.69) is 0 Å². The predicted molar refractivity (Wildman–Crippen MR) is 146 cm³/mol. The molecule has 0 aromatic heterocycles. The highest BCUT2D eigenvalue weighted by Gasteiger charge is 2.39. The smallest absolute Gasteiger partial charge is 0.258 e. The van der Waals surface area contributed by atoms with Crippen molar-refractivity contribution >= 4 is 46.4 Å². The molecule has 1 heterocycles. The van der Waals surface area contributed by atoms with Crippen LogP contribution in [-0.4, -0.2) is 17.9 Å².